The molecule has 3 N–H and O–H groups in total. The first-order chi connectivity index (χ1) is 12.7. The maximum atomic E-state index is 12.5. The number of nitrogens with one attached hydrogen (secondary N) is 3. The predicted molar refractivity (Wildman–Crippen MR) is 107 cm³/mol. The summed E-state index contributed by atoms with van der Waals surface area (Å²) in [6, 6.07) is 5.32. The van der Waals surface area contributed by atoms with E-state index in [0.29, 0.717) is 29.6 Å². The lowest BCUT2D eigenvalue weighted by Gasteiger charge is -2.48. The molecule has 0 unspecified atom stereocenters. The minimum Gasteiger partial charge on any atom is -0.351 e. The molecule has 0 aliphatic heterocycles. The summed E-state index contributed by atoms with van der Waals surface area (Å²) in [5.41, 5.74) is 1.46. The van der Waals surface area contributed by atoms with Crippen LogP contribution in [-0.4, -0.2) is 33.5 Å². The normalized spacial score (nSPS) is 25.1. The van der Waals surface area contributed by atoms with Gasteiger partial charge in [-0.25, -0.2) is 4.72 Å². The zero-order valence-corrected chi connectivity index (χ0v) is 17.4. The Morgan fingerprint density at radius 3 is 2.59 bits per heavy atom. The molecule has 0 spiro atoms. The highest BCUT2D eigenvalue weighted by molar-refractivity contribution is 7.87. The van der Waals surface area contributed by atoms with E-state index in [4.69, 9.17) is 11.6 Å². The van der Waals surface area contributed by atoms with Crippen LogP contribution < -0.4 is 14.8 Å². The second-order valence-electron chi connectivity index (χ2n) is 8.04. The van der Waals surface area contributed by atoms with E-state index in [1.165, 1.54) is 12.8 Å². The van der Waals surface area contributed by atoms with E-state index in [2.05, 4.69) is 14.8 Å². The van der Waals surface area contributed by atoms with Crippen LogP contribution in [0.4, 0.5) is 0 Å². The van der Waals surface area contributed by atoms with Crippen molar-refractivity contribution in [1.29, 1.82) is 0 Å². The van der Waals surface area contributed by atoms with E-state index in [1.807, 2.05) is 13.0 Å². The van der Waals surface area contributed by atoms with Crippen molar-refractivity contribution < 1.29 is 13.2 Å². The number of aryl methyl sites for hydroxylation is 1. The molecule has 27 heavy (non-hydrogen) atoms. The molecule has 0 bridgehead atoms. The molecule has 0 atom stereocenters. The molecule has 1 amide bonds. The molecule has 3 rings (SSSR count). The highest BCUT2D eigenvalue weighted by atomic mass is 35.5. The molecular weight excluding hydrogens is 386 g/mol. The molecule has 8 heteroatoms. The Hall–Kier alpha value is -1.15. The third-order valence-electron chi connectivity index (χ3n) is 5.43. The summed E-state index contributed by atoms with van der Waals surface area (Å²) < 4.78 is 28.9. The Morgan fingerprint density at radius 1 is 1.30 bits per heavy atom. The molecule has 1 aromatic rings. The number of rotatable bonds is 9. The molecule has 0 radical (unpaired) electrons. The molecule has 2 aliphatic rings. The van der Waals surface area contributed by atoms with Crippen molar-refractivity contribution in [2.75, 3.05) is 13.1 Å². The molecule has 6 nitrogen and oxygen atoms in total. The molecule has 0 aromatic heterocycles. The van der Waals surface area contributed by atoms with Gasteiger partial charge < -0.3 is 5.32 Å². The number of halogens is 1. The van der Waals surface area contributed by atoms with E-state index in [1.54, 1.807) is 19.1 Å². The van der Waals surface area contributed by atoms with Crippen LogP contribution >= 0.6 is 11.6 Å². The fourth-order valence-electron chi connectivity index (χ4n) is 4.00. The van der Waals surface area contributed by atoms with E-state index in [0.717, 1.165) is 24.8 Å². The SMILES string of the molecule is CCNS(=O)(=O)N[C@H]1C[C@@](CNC(=O)c2ccc(C)cc2Cl)(CC2CC2)C1. The van der Waals surface area contributed by atoms with Crippen molar-refractivity contribution in [3.8, 4) is 0 Å². The van der Waals surface area contributed by atoms with Gasteiger partial charge in [0.1, 0.15) is 0 Å². The van der Waals surface area contributed by atoms with Gasteiger partial charge in [-0.2, -0.15) is 13.1 Å². The molecular formula is C19H28ClN3O3S. The van der Waals surface area contributed by atoms with Crippen LogP contribution in [0.2, 0.25) is 5.02 Å². The molecule has 2 saturated carbocycles. The van der Waals surface area contributed by atoms with Gasteiger partial charge in [-0.15, -0.1) is 0 Å². The van der Waals surface area contributed by atoms with Crippen molar-refractivity contribution >= 4 is 27.7 Å². The first-order valence-electron chi connectivity index (χ1n) is 9.53. The summed E-state index contributed by atoms with van der Waals surface area (Å²) >= 11 is 6.20. The zero-order valence-electron chi connectivity index (χ0n) is 15.8. The van der Waals surface area contributed by atoms with Crippen molar-refractivity contribution in [1.82, 2.24) is 14.8 Å². The Kier molecular flexibility index (Phi) is 6.15. The molecule has 150 valence electrons. The third-order valence-corrected chi connectivity index (χ3v) is 7.05. The van der Waals surface area contributed by atoms with Crippen LogP contribution in [-0.2, 0) is 10.2 Å². The largest absolute Gasteiger partial charge is 0.351 e. The predicted octanol–water partition coefficient (Wildman–Crippen LogP) is 2.77. The monoisotopic (exact) mass is 413 g/mol. The van der Waals surface area contributed by atoms with Gasteiger partial charge >= 0.3 is 0 Å². The summed E-state index contributed by atoms with van der Waals surface area (Å²) in [6.07, 6.45) is 4.99. The van der Waals surface area contributed by atoms with Gasteiger partial charge in [0, 0.05) is 19.1 Å². The highest BCUT2D eigenvalue weighted by Crippen LogP contribution is 2.51. The number of hydrogen-bond acceptors (Lipinski definition) is 3. The maximum absolute atomic E-state index is 12.5. The lowest BCUT2D eigenvalue weighted by molar-refractivity contribution is 0.0660. The molecule has 0 saturated heterocycles. The van der Waals surface area contributed by atoms with Crippen LogP contribution in [0.1, 0.15) is 54.9 Å². The standard InChI is InChI=1S/C19H28ClN3O3S/c1-3-22-27(25,26)23-15-10-19(11-15,9-14-5-6-14)12-21-18(24)16-7-4-13(2)8-17(16)20/h4,7-8,14-15,22-23H,3,5-6,9-12H2,1-2H3,(H,21,24)/t15-,19-. The maximum Gasteiger partial charge on any atom is 0.277 e. The summed E-state index contributed by atoms with van der Waals surface area (Å²) in [4.78, 5) is 12.5. The second kappa shape index (κ2) is 8.07. The number of amides is 1. The Bertz CT molecular complexity index is 802. The van der Waals surface area contributed by atoms with Gasteiger partial charge in [0.05, 0.1) is 10.6 Å². The van der Waals surface area contributed by atoms with Crippen molar-refractivity contribution in [2.24, 2.45) is 11.3 Å². The number of carbonyl (C=O) groups excluding carboxylic acids is 1. The van der Waals surface area contributed by atoms with Gasteiger partial charge in [-0.05, 0) is 55.2 Å². The molecule has 2 fully saturated rings. The Balaban J connectivity index is 1.59. The number of hydrogen-bond donors (Lipinski definition) is 3. The number of benzene rings is 1. The summed E-state index contributed by atoms with van der Waals surface area (Å²) in [5.74, 6) is 0.531. The van der Waals surface area contributed by atoms with Crippen LogP contribution in [0.3, 0.4) is 0 Å². The van der Waals surface area contributed by atoms with Gasteiger partial charge in [-0.3, -0.25) is 4.79 Å². The fourth-order valence-corrected chi connectivity index (χ4v) is 5.39. The fraction of sp³-hybridized carbons (Fsp3) is 0.632. The van der Waals surface area contributed by atoms with Crippen LogP contribution in [0.5, 0.6) is 0 Å². The van der Waals surface area contributed by atoms with Gasteiger partial charge in [0.15, 0.2) is 0 Å². The minimum absolute atomic E-state index is 0.0343. The second-order valence-corrected chi connectivity index (χ2v) is 9.98. The molecule has 0 heterocycles. The van der Waals surface area contributed by atoms with Gasteiger partial charge in [0.25, 0.3) is 16.1 Å². The lowest BCUT2D eigenvalue weighted by Crippen LogP contribution is -2.56. The average Bonchev–Trinajstić information content (AvgIpc) is 3.34. The highest BCUT2D eigenvalue weighted by Gasteiger charge is 2.48. The summed E-state index contributed by atoms with van der Waals surface area (Å²) in [6.45, 7) is 4.60. The van der Waals surface area contributed by atoms with Crippen LogP contribution in [0.25, 0.3) is 0 Å². The van der Waals surface area contributed by atoms with E-state index >= 15 is 0 Å². The van der Waals surface area contributed by atoms with Gasteiger partial charge in [-0.1, -0.05) is 37.4 Å². The van der Waals surface area contributed by atoms with E-state index in [-0.39, 0.29) is 17.4 Å². The topological polar surface area (TPSA) is 87.3 Å². The van der Waals surface area contributed by atoms with E-state index < -0.39 is 10.2 Å². The lowest BCUT2D eigenvalue weighted by atomic mass is 9.63. The Labute approximate surface area is 166 Å². The molecule has 2 aliphatic carbocycles. The van der Waals surface area contributed by atoms with Crippen LogP contribution in [0.15, 0.2) is 18.2 Å². The molecule has 1 aromatic carbocycles. The Morgan fingerprint density at radius 2 is 2.00 bits per heavy atom. The average molecular weight is 414 g/mol. The van der Waals surface area contributed by atoms with Crippen molar-refractivity contribution in [3.63, 3.8) is 0 Å². The zero-order chi connectivity index (χ0) is 19.7. The van der Waals surface area contributed by atoms with Crippen molar-refractivity contribution in [2.45, 2.75) is 52.0 Å². The van der Waals surface area contributed by atoms with Gasteiger partial charge in [0.2, 0.25) is 0 Å². The quantitative estimate of drug-likeness (QED) is 0.581. The third kappa shape index (κ3) is 5.44. The minimum atomic E-state index is -3.44. The van der Waals surface area contributed by atoms with Crippen molar-refractivity contribution in [3.05, 3.63) is 34.3 Å². The smallest absolute Gasteiger partial charge is 0.277 e. The van der Waals surface area contributed by atoms with E-state index in [9.17, 15) is 13.2 Å². The van der Waals surface area contributed by atoms with Crippen LogP contribution in [0, 0.1) is 18.3 Å². The number of carbonyl (C=O) groups is 1. The first-order valence-corrected chi connectivity index (χ1v) is 11.4. The summed E-state index contributed by atoms with van der Waals surface area (Å²) in [5, 5.41) is 3.48. The summed E-state index contributed by atoms with van der Waals surface area (Å²) in [7, 11) is -3.44. The first kappa shape index (κ1) is 20.6.